The highest BCUT2D eigenvalue weighted by molar-refractivity contribution is 7.92. The Hall–Kier alpha value is -5.23. The van der Waals surface area contributed by atoms with Crippen molar-refractivity contribution in [2.45, 2.75) is 57.1 Å². The van der Waals surface area contributed by atoms with Crippen LogP contribution in [0.3, 0.4) is 0 Å². The number of nitrogens with one attached hydrogen (secondary N) is 1. The fourth-order valence-corrected chi connectivity index (χ4v) is 6.56. The second-order valence-electron chi connectivity index (χ2n) is 11.4. The molecule has 0 heterocycles. The third-order valence-corrected chi connectivity index (χ3v) is 9.84. The summed E-state index contributed by atoms with van der Waals surface area (Å²) < 4.78 is 34.7. The lowest BCUT2D eigenvalue weighted by molar-refractivity contribution is -0.385. The van der Waals surface area contributed by atoms with E-state index in [1.165, 1.54) is 43.2 Å². The summed E-state index contributed by atoms with van der Waals surface area (Å²) in [5, 5.41) is 14.7. The molecule has 1 N–H and O–H groups in total. The number of aryl methyl sites for hydroxylation is 1. The van der Waals surface area contributed by atoms with Crippen LogP contribution in [0.1, 0.15) is 37.0 Å². The van der Waals surface area contributed by atoms with Crippen molar-refractivity contribution in [2.24, 2.45) is 0 Å². The van der Waals surface area contributed by atoms with Gasteiger partial charge in [-0.05, 0) is 61.7 Å². The van der Waals surface area contributed by atoms with Crippen LogP contribution in [0.15, 0.2) is 108 Å². The van der Waals surface area contributed by atoms with E-state index in [1.54, 1.807) is 12.1 Å². The summed E-state index contributed by atoms with van der Waals surface area (Å²) >= 11 is 0. The number of methoxy groups -OCH3 is 1. The molecule has 4 aromatic rings. The van der Waals surface area contributed by atoms with Crippen molar-refractivity contribution in [1.82, 2.24) is 10.2 Å². The van der Waals surface area contributed by atoms with E-state index < -0.39 is 33.4 Å². The van der Waals surface area contributed by atoms with Crippen molar-refractivity contribution in [3.63, 3.8) is 0 Å². The van der Waals surface area contributed by atoms with E-state index in [2.05, 4.69) is 5.32 Å². The molecule has 0 bridgehead atoms. The van der Waals surface area contributed by atoms with Gasteiger partial charge in [-0.1, -0.05) is 73.7 Å². The van der Waals surface area contributed by atoms with Crippen LogP contribution >= 0.6 is 0 Å². The Kier molecular flexibility index (Phi) is 11.9. The molecule has 4 rings (SSSR count). The van der Waals surface area contributed by atoms with Crippen molar-refractivity contribution in [3.8, 4) is 5.75 Å². The normalized spacial score (nSPS) is 12.4. The number of carbonyl (C=O) groups is 2. The minimum absolute atomic E-state index is 0.0254. The average molecular weight is 673 g/mol. The van der Waals surface area contributed by atoms with E-state index in [1.807, 2.05) is 74.5 Å². The molecule has 48 heavy (non-hydrogen) atoms. The van der Waals surface area contributed by atoms with Gasteiger partial charge in [-0.15, -0.1) is 0 Å². The number of nitro benzene ring substituents is 1. The molecule has 0 radical (unpaired) electrons. The monoisotopic (exact) mass is 672 g/mol. The summed E-state index contributed by atoms with van der Waals surface area (Å²) in [6.07, 6.45) is 0.851. The lowest BCUT2D eigenvalue weighted by atomic mass is 10.0. The van der Waals surface area contributed by atoms with Crippen molar-refractivity contribution in [1.29, 1.82) is 0 Å². The summed E-state index contributed by atoms with van der Waals surface area (Å²) in [6, 6.07) is 27.0. The molecule has 2 amide bonds. The van der Waals surface area contributed by atoms with Gasteiger partial charge in [0, 0.05) is 30.6 Å². The van der Waals surface area contributed by atoms with Gasteiger partial charge in [0.05, 0.1) is 22.6 Å². The number of nitrogens with zero attached hydrogens (tertiary/aromatic N) is 3. The van der Waals surface area contributed by atoms with Crippen LogP contribution in [0.25, 0.3) is 0 Å². The highest BCUT2D eigenvalue weighted by atomic mass is 32.2. The Balaban J connectivity index is 1.83. The van der Waals surface area contributed by atoms with E-state index in [9.17, 15) is 28.1 Å². The molecular formula is C36H40N4O7S. The molecule has 11 nitrogen and oxygen atoms in total. The molecule has 0 aromatic heterocycles. The Labute approximate surface area is 281 Å². The number of anilines is 1. The number of nitro groups is 1. The van der Waals surface area contributed by atoms with Crippen LogP contribution in [-0.4, -0.2) is 55.8 Å². The number of hydrogen-bond donors (Lipinski definition) is 1. The third kappa shape index (κ3) is 8.77. The first-order valence-electron chi connectivity index (χ1n) is 15.5. The first kappa shape index (κ1) is 35.6. The highest BCUT2D eigenvalue weighted by Gasteiger charge is 2.35. The Bertz CT molecular complexity index is 1820. The lowest BCUT2D eigenvalue weighted by Gasteiger charge is -2.34. The molecule has 12 heteroatoms. The van der Waals surface area contributed by atoms with Crippen LogP contribution in [-0.2, 0) is 32.6 Å². The zero-order chi connectivity index (χ0) is 34.8. The molecule has 0 spiro atoms. The molecule has 0 aliphatic rings. The van der Waals surface area contributed by atoms with Gasteiger partial charge in [0.15, 0.2) is 0 Å². The van der Waals surface area contributed by atoms with Gasteiger partial charge in [0.1, 0.15) is 18.3 Å². The molecular weight excluding hydrogens is 632 g/mol. The fourth-order valence-electron chi connectivity index (χ4n) is 5.13. The maximum atomic E-state index is 14.6. The van der Waals surface area contributed by atoms with Crippen molar-refractivity contribution in [3.05, 3.63) is 130 Å². The smallest absolute Gasteiger partial charge is 0.273 e. The van der Waals surface area contributed by atoms with Gasteiger partial charge >= 0.3 is 0 Å². The number of sulfonamides is 1. The highest BCUT2D eigenvalue weighted by Crippen LogP contribution is 2.30. The summed E-state index contributed by atoms with van der Waals surface area (Å²) in [5.41, 5.74) is 1.62. The number of benzene rings is 4. The molecule has 0 saturated heterocycles. The number of ether oxygens (including phenoxy) is 1. The summed E-state index contributed by atoms with van der Waals surface area (Å²) in [4.78, 5) is 40.6. The Morgan fingerprint density at radius 2 is 1.52 bits per heavy atom. The number of rotatable bonds is 15. The molecule has 2 unspecified atom stereocenters. The average Bonchev–Trinajstić information content (AvgIpc) is 3.09. The maximum Gasteiger partial charge on any atom is 0.273 e. The van der Waals surface area contributed by atoms with Gasteiger partial charge in [0.2, 0.25) is 11.8 Å². The SMILES string of the molecule is CCC(C)NC(=O)C(Cc1ccccc1)N(Cc1ccccc1)C(=O)CN(c1ccc(OC)cc1)S(=O)(=O)c1ccc(C)c([N+](=O)[O-])c1. The van der Waals surface area contributed by atoms with Crippen LogP contribution in [0.4, 0.5) is 11.4 Å². The first-order valence-corrected chi connectivity index (χ1v) is 17.0. The van der Waals surface area contributed by atoms with E-state index >= 15 is 0 Å². The minimum atomic E-state index is -4.54. The van der Waals surface area contributed by atoms with Gasteiger partial charge in [-0.2, -0.15) is 0 Å². The van der Waals surface area contributed by atoms with Crippen molar-refractivity contribution < 1.29 is 27.7 Å². The van der Waals surface area contributed by atoms with Crippen LogP contribution in [0.5, 0.6) is 5.75 Å². The number of carbonyl (C=O) groups excluding carboxylic acids is 2. The summed E-state index contributed by atoms with van der Waals surface area (Å²) in [6.45, 7) is 4.66. The van der Waals surface area contributed by atoms with Gasteiger partial charge in [-0.25, -0.2) is 8.42 Å². The second kappa shape index (κ2) is 16.1. The van der Waals surface area contributed by atoms with Crippen LogP contribution < -0.4 is 14.4 Å². The van der Waals surface area contributed by atoms with E-state index in [4.69, 9.17) is 4.74 Å². The number of hydrogen-bond acceptors (Lipinski definition) is 7. The topological polar surface area (TPSA) is 139 Å². The minimum Gasteiger partial charge on any atom is -0.497 e. The largest absolute Gasteiger partial charge is 0.497 e. The quantitative estimate of drug-likeness (QED) is 0.127. The molecule has 0 fully saturated rings. The van der Waals surface area contributed by atoms with E-state index in [0.29, 0.717) is 12.2 Å². The second-order valence-corrected chi connectivity index (χ2v) is 13.3. The number of amides is 2. The van der Waals surface area contributed by atoms with Gasteiger partial charge in [0.25, 0.3) is 15.7 Å². The third-order valence-electron chi connectivity index (χ3n) is 8.07. The summed E-state index contributed by atoms with van der Waals surface area (Å²) in [7, 11) is -3.07. The van der Waals surface area contributed by atoms with Crippen LogP contribution in [0, 0.1) is 17.0 Å². The maximum absolute atomic E-state index is 14.6. The summed E-state index contributed by atoms with van der Waals surface area (Å²) in [5.74, 6) is -0.547. The molecule has 0 aliphatic heterocycles. The zero-order valence-corrected chi connectivity index (χ0v) is 28.2. The predicted octanol–water partition coefficient (Wildman–Crippen LogP) is 5.66. The standard InChI is InChI=1S/C36H40N4O7S/c1-5-27(3)37-36(42)34(22-28-12-8-6-9-13-28)38(24-29-14-10-7-11-15-29)35(41)25-39(30-17-19-31(47-4)20-18-30)48(45,46)32-21-16-26(2)33(23-32)40(43)44/h6-21,23,27,34H,5,22,24-25H2,1-4H3,(H,37,42). The van der Waals surface area contributed by atoms with Gasteiger partial charge in [-0.3, -0.25) is 24.0 Å². The molecule has 0 saturated carbocycles. The van der Waals surface area contributed by atoms with Gasteiger partial charge < -0.3 is 15.0 Å². The molecule has 0 aliphatic carbocycles. The predicted molar refractivity (Wildman–Crippen MR) is 184 cm³/mol. The van der Waals surface area contributed by atoms with E-state index in [-0.39, 0.29) is 46.7 Å². The Morgan fingerprint density at radius 3 is 2.08 bits per heavy atom. The van der Waals surface area contributed by atoms with Crippen LogP contribution in [0.2, 0.25) is 0 Å². The molecule has 4 aromatic carbocycles. The molecule has 252 valence electrons. The van der Waals surface area contributed by atoms with Crippen molar-refractivity contribution >= 4 is 33.2 Å². The first-order chi connectivity index (χ1) is 22.9. The Morgan fingerprint density at radius 1 is 0.917 bits per heavy atom. The molecule has 2 atom stereocenters. The zero-order valence-electron chi connectivity index (χ0n) is 27.4. The lowest BCUT2D eigenvalue weighted by Crippen LogP contribution is -2.54. The fraction of sp³-hybridized carbons (Fsp3) is 0.278. The van der Waals surface area contributed by atoms with Crippen molar-refractivity contribution in [2.75, 3.05) is 18.0 Å². The van der Waals surface area contributed by atoms with E-state index in [0.717, 1.165) is 21.5 Å².